The fourth-order valence-corrected chi connectivity index (χ4v) is 3.16. The quantitative estimate of drug-likeness (QED) is 0.114. The topological polar surface area (TPSA) is 156 Å². The summed E-state index contributed by atoms with van der Waals surface area (Å²) in [4.78, 5) is 23.6. The van der Waals surface area contributed by atoms with Crippen LogP contribution in [0.4, 0.5) is 0 Å². The Morgan fingerprint density at radius 1 is 0.553 bits per heavy atom. The minimum absolute atomic E-state index is 0.100. The first-order chi connectivity index (χ1) is 18.2. The second-order valence-corrected chi connectivity index (χ2v) is 7.93. The SMILES string of the molecule is O=C(C=Cc1ccc(O)c(O)c1O)c1ccccc1.O=C(C=Cc1ccc(O)cc1)c1ccc(O)cc1O. The van der Waals surface area contributed by atoms with Crippen LogP contribution in [0.5, 0.6) is 34.5 Å². The van der Waals surface area contributed by atoms with Crippen LogP contribution in [0.2, 0.25) is 0 Å². The Kier molecular flexibility index (Phi) is 8.88. The fraction of sp³-hybridized carbons (Fsp3) is 0. The second-order valence-electron chi connectivity index (χ2n) is 7.93. The van der Waals surface area contributed by atoms with E-state index in [1.165, 1.54) is 54.6 Å². The molecule has 0 spiro atoms. The van der Waals surface area contributed by atoms with Crippen molar-refractivity contribution in [1.29, 1.82) is 0 Å². The summed E-state index contributed by atoms with van der Waals surface area (Å²) in [6.07, 6.45) is 5.57. The summed E-state index contributed by atoms with van der Waals surface area (Å²) in [6, 6.07) is 21.5. The van der Waals surface area contributed by atoms with Gasteiger partial charge in [0.05, 0.1) is 5.56 Å². The number of benzene rings is 4. The Hall–Kier alpha value is -5.50. The van der Waals surface area contributed by atoms with Crippen LogP contribution in [0.25, 0.3) is 12.2 Å². The van der Waals surface area contributed by atoms with E-state index in [-0.39, 0.29) is 39.9 Å². The molecule has 0 aliphatic heterocycles. The molecule has 8 heteroatoms. The molecule has 0 radical (unpaired) electrons. The standard InChI is InChI=1S/2C15H12O4/c16-11-4-1-10(2-5-11)3-8-14(18)13-7-6-12(17)9-15(13)19;16-12(10-4-2-1-3-5-10)8-6-11-7-9-13(17)15(19)14(11)18/h1-9,16-17,19H;1-9,17-19H. The summed E-state index contributed by atoms with van der Waals surface area (Å²) in [5.41, 5.74) is 1.65. The number of hydrogen-bond acceptors (Lipinski definition) is 8. The van der Waals surface area contributed by atoms with Crippen LogP contribution in [0, 0.1) is 0 Å². The van der Waals surface area contributed by atoms with Crippen molar-refractivity contribution in [3.05, 3.63) is 119 Å². The van der Waals surface area contributed by atoms with Crippen molar-refractivity contribution in [2.75, 3.05) is 0 Å². The summed E-state index contributed by atoms with van der Waals surface area (Å²) < 4.78 is 0. The van der Waals surface area contributed by atoms with E-state index in [9.17, 15) is 30.0 Å². The number of carbonyl (C=O) groups is 2. The van der Waals surface area contributed by atoms with Crippen LogP contribution >= 0.6 is 0 Å². The molecule has 0 unspecified atom stereocenters. The molecule has 0 aliphatic rings. The monoisotopic (exact) mass is 512 g/mol. The average molecular weight is 513 g/mol. The van der Waals surface area contributed by atoms with Crippen molar-refractivity contribution < 1.29 is 40.2 Å². The van der Waals surface area contributed by atoms with Crippen molar-refractivity contribution in [2.24, 2.45) is 0 Å². The molecule has 4 aromatic carbocycles. The van der Waals surface area contributed by atoms with Crippen molar-refractivity contribution in [3.8, 4) is 34.5 Å². The minimum Gasteiger partial charge on any atom is -0.508 e. The first-order valence-electron chi connectivity index (χ1n) is 11.2. The molecule has 0 atom stereocenters. The van der Waals surface area contributed by atoms with E-state index in [1.807, 2.05) is 6.07 Å². The highest BCUT2D eigenvalue weighted by Gasteiger charge is 2.10. The lowest BCUT2D eigenvalue weighted by molar-refractivity contribution is 0.103. The van der Waals surface area contributed by atoms with Gasteiger partial charge in [-0.1, -0.05) is 48.5 Å². The van der Waals surface area contributed by atoms with Crippen molar-refractivity contribution >= 4 is 23.7 Å². The van der Waals surface area contributed by atoms with E-state index in [4.69, 9.17) is 10.2 Å². The van der Waals surface area contributed by atoms with Gasteiger partial charge in [0.25, 0.3) is 0 Å². The number of rotatable bonds is 6. The van der Waals surface area contributed by atoms with Crippen molar-refractivity contribution in [2.45, 2.75) is 0 Å². The van der Waals surface area contributed by atoms with Crippen LogP contribution in [-0.2, 0) is 0 Å². The van der Waals surface area contributed by atoms with E-state index < -0.39 is 17.2 Å². The van der Waals surface area contributed by atoms with Gasteiger partial charge in [-0.2, -0.15) is 0 Å². The lowest BCUT2D eigenvalue weighted by Crippen LogP contribution is -1.94. The maximum absolute atomic E-state index is 11.8. The van der Waals surface area contributed by atoms with Gasteiger partial charge in [-0.05, 0) is 60.2 Å². The molecule has 0 saturated carbocycles. The molecule has 0 saturated heterocycles. The van der Waals surface area contributed by atoms with Crippen LogP contribution in [0.15, 0.2) is 97.1 Å². The first-order valence-corrected chi connectivity index (χ1v) is 11.2. The molecule has 38 heavy (non-hydrogen) atoms. The highest BCUT2D eigenvalue weighted by atomic mass is 16.3. The number of aromatic hydroxyl groups is 6. The van der Waals surface area contributed by atoms with Gasteiger partial charge in [0.15, 0.2) is 23.1 Å². The maximum atomic E-state index is 11.8. The molecular weight excluding hydrogens is 488 g/mol. The van der Waals surface area contributed by atoms with Gasteiger partial charge < -0.3 is 30.6 Å². The Morgan fingerprint density at radius 3 is 1.84 bits per heavy atom. The smallest absolute Gasteiger partial charge is 0.200 e. The third-order valence-corrected chi connectivity index (χ3v) is 5.20. The van der Waals surface area contributed by atoms with Gasteiger partial charge in [-0.3, -0.25) is 9.59 Å². The molecule has 4 rings (SSSR count). The summed E-state index contributed by atoms with van der Waals surface area (Å²) in [7, 11) is 0. The number of allylic oxidation sites excluding steroid dienone is 2. The molecule has 0 bridgehead atoms. The van der Waals surface area contributed by atoms with Crippen LogP contribution in [0.1, 0.15) is 31.8 Å². The summed E-state index contributed by atoms with van der Waals surface area (Å²) in [5.74, 6) is -2.27. The highest BCUT2D eigenvalue weighted by Crippen LogP contribution is 2.37. The molecule has 8 nitrogen and oxygen atoms in total. The highest BCUT2D eigenvalue weighted by molar-refractivity contribution is 6.08. The molecule has 0 aliphatic carbocycles. The zero-order chi connectivity index (χ0) is 27.7. The van der Waals surface area contributed by atoms with Crippen LogP contribution in [0.3, 0.4) is 0 Å². The predicted molar refractivity (Wildman–Crippen MR) is 142 cm³/mol. The van der Waals surface area contributed by atoms with E-state index >= 15 is 0 Å². The van der Waals surface area contributed by atoms with E-state index in [2.05, 4.69) is 0 Å². The average Bonchev–Trinajstić information content (AvgIpc) is 2.91. The van der Waals surface area contributed by atoms with Crippen LogP contribution in [-0.4, -0.2) is 42.2 Å². The first kappa shape index (κ1) is 27.1. The number of hydrogen-bond donors (Lipinski definition) is 6. The van der Waals surface area contributed by atoms with Crippen molar-refractivity contribution in [1.82, 2.24) is 0 Å². The van der Waals surface area contributed by atoms with E-state index in [1.54, 1.807) is 42.5 Å². The maximum Gasteiger partial charge on any atom is 0.200 e. The number of phenols is 6. The molecule has 4 aromatic rings. The number of carbonyl (C=O) groups excluding carboxylic acids is 2. The lowest BCUT2D eigenvalue weighted by Gasteiger charge is -2.03. The van der Waals surface area contributed by atoms with Gasteiger partial charge >= 0.3 is 0 Å². The number of phenolic OH excluding ortho intramolecular Hbond substituents is 6. The molecule has 0 fully saturated rings. The molecular formula is C30H24O8. The summed E-state index contributed by atoms with van der Waals surface area (Å²) in [6.45, 7) is 0. The van der Waals surface area contributed by atoms with Crippen molar-refractivity contribution in [3.63, 3.8) is 0 Å². The second kappa shape index (κ2) is 12.5. The van der Waals surface area contributed by atoms with Crippen LogP contribution < -0.4 is 0 Å². The molecule has 0 amide bonds. The largest absolute Gasteiger partial charge is 0.508 e. The summed E-state index contributed by atoms with van der Waals surface area (Å²) in [5, 5.41) is 55.9. The van der Waals surface area contributed by atoms with Gasteiger partial charge in [0.2, 0.25) is 5.75 Å². The zero-order valence-electron chi connectivity index (χ0n) is 19.9. The normalized spacial score (nSPS) is 10.7. The molecule has 192 valence electrons. The predicted octanol–water partition coefficient (Wildman–Crippen LogP) is 5.40. The van der Waals surface area contributed by atoms with Gasteiger partial charge in [0, 0.05) is 17.2 Å². The Bertz CT molecular complexity index is 1490. The Balaban J connectivity index is 0.000000211. The molecule has 0 heterocycles. The Labute approximate surface area is 218 Å². The van der Waals surface area contributed by atoms with E-state index in [0.29, 0.717) is 5.56 Å². The third kappa shape index (κ3) is 7.25. The van der Waals surface area contributed by atoms with Gasteiger partial charge in [-0.25, -0.2) is 0 Å². The third-order valence-electron chi connectivity index (χ3n) is 5.20. The number of ketones is 2. The van der Waals surface area contributed by atoms with Gasteiger partial charge in [-0.15, -0.1) is 0 Å². The summed E-state index contributed by atoms with van der Waals surface area (Å²) >= 11 is 0. The zero-order valence-corrected chi connectivity index (χ0v) is 19.9. The van der Waals surface area contributed by atoms with Gasteiger partial charge in [0.1, 0.15) is 17.2 Å². The molecule has 6 N–H and O–H groups in total. The molecule has 0 aromatic heterocycles. The minimum atomic E-state index is -0.602. The lowest BCUT2D eigenvalue weighted by atomic mass is 10.1. The Morgan fingerprint density at radius 2 is 1.18 bits per heavy atom. The van der Waals surface area contributed by atoms with E-state index in [0.717, 1.165) is 11.6 Å². The fourth-order valence-electron chi connectivity index (χ4n) is 3.16.